The molecule has 0 bridgehead atoms. The molecule has 0 amide bonds. The average molecular weight is 543 g/mol. The first-order valence-corrected chi connectivity index (χ1v) is 11.4. The molecule has 0 radical (unpaired) electrons. The van der Waals surface area contributed by atoms with Crippen LogP contribution in [-0.4, -0.2) is 73.3 Å². The Morgan fingerprint density at radius 1 is 1.19 bits per heavy atom. The topological polar surface area (TPSA) is 77.6 Å². The summed E-state index contributed by atoms with van der Waals surface area (Å²) in [5.41, 5.74) is 2.14. The lowest BCUT2D eigenvalue weighted by Crippen LogP contribution is -2.53. The number of H-pyrrole nitrogens is 1. The van der Waals surface area contributed by atoms with E-state index in [2.05, 4.69) is 50.4 Å². The van der Waals surface area contributed by atoms with E-state index in [4.69, 9.17) is 4.74 Å². The predicted octanol–water partition coefficient (Wildman–Crippen LogP) is 3.42. The number of rotatable bonds is 10. The summed E-state index contributed by atoms with van der Waals surface area (Å²) in [7, 11) is 1.84. The lowest BCUT2D eigenvalue weighted by Gasteiger charge is -2.39. The van der Waals surface area contributed by atoms with Crippen LogP contribution in [-0.2, 0) is 11.2 Å². The van der Waals surface area contributed by atoms with Gasteiger partial charge in [-0.25, -0.2) is 4.98 Å². The number of imidazole rings is 1. The van der Waals surface area contributed by atoms with Crippen molar-refractivity contribution in [2.24, 2.45) is 10.9 Å². The summed E-state index contributed by atoms with van der Waals surface area (Å²) < 4.78 is 5.56. The summed E-state index contributed by atoms with van der Waals surface area (Å²) in [5, 5.41) is 7.03. The van der Waals surface area contributed by atoms with E-state index in [0.717, 1.165) is 75.1 Å². The van der Waals surface area contributed by atoms with Gasteiger partial charge in [0.2, 0.25) is 0 Å². The normalized spacial score (nSPS) is 16.3. The minimum absolute atomic E-state index is 0. The monoisotopic (exact) mass is 542 g/mol. The number of hydrogen-bond donors (Lipinski definition) is 3. The van der Waals surface area contributed by atoms with E-state index in [9.17, 15) is 0 Å². The van der Waals surface area contributed by atoms with Crippen LogP contribution in [0.3, 0.4) is 0 Å². The fraction of sp³-hybridized carbons (Fsp3) is 0.652. The fourth-order valence-electron chi connectivity index (χ4n) is 4.34. The Morgan fingerprint density at radius 2 is 1.94 bits per heavy atom. The van der Waals surface area contributed by atoms with Crippen LogP contribution in [0.25, 0.3) is 11.0 Å². The highest BCUT2D eigenvalue weighted by Gasteiger charge is 2.26. The second-order valence-corrected chi connectivity index (χ2v) is 7.98. The summed E-state index contributed by atoms with van der Waals surface area (Å²) in [4.78, 5) is 15.1. The van der Waals surface area contributed by atoms with E-state index in [0.29, 0.717) is 12.0 Å². The van der Waals surface area contributed by atoms with Crippen molar-refractivity contribution in [2.75, 3.05) is 46.4 Å². The second-order valence-electron chi connectivity index (χ2n) is 7.98. The molecule has 31 heavy (non-hydrogen) atoms. The van der Waals surface area contributed by atoms with Crippen molar-refractivity contribution in [1.82, 2.24) is 25.5 Å². The van der Waals surface area contributed by atoms with E-state index < -0.39 is 0 Å². The summed E-state index contributed by atoms with van der Waals surface area (Å²) >= 11 is 0. The Kier molecular flexibility index (Phi) is 11.6. The highest BCUT2D eigenvalue weighted by molar-refractivity contribution is 14.0. The molecule has 3 N–H and O–H groups in total. The Morgan fingerprint density at radius 3 is 2.61 bits per heavy atom. The zero-order valence-electron chi connectivity index (χ0n) is 19.2. The van der Waals surface area contributed by atoms with Gasteiger partial charge < -0.3 is 20.4 Å². The molecule has 1 saturated heterocycles. The van der Waals surface area contributed by atoms with Crippen LogP contribution >= 0.6 is 24.0 Å². The van der Waals surface area contributed by atoms with E-state index >= 15 is 0 Å². The van der Waals surface area contributed by atoms with Gasteiger partial charge in [-0.05, 0) is 24.5 Å². The minimum Gasteiger partial charge on any atom is -0.379 e. The Balaban J connectivity index is 0.00000341. The number of aromatic nitrogens is 2. The van der Waals surface area contributed by atoms with Crippen LogP contribution in [0, 0.1) is 5.92 Å². The summed E-state index contributed by atoms with van der Waals surface area (Å²) in [6.07, 6.45) is 4.32. The molecule has 1 atom stereocenters. The third-order valence-corrected chi connectivity index (χ3v) is 6.13. The standard InChI is InChI=1S/C23H38N6O.HI/c1-4-18(5-2)21(29-13-15-30-16-14-29)17-26-23(24-3)25-12-8-11-22-27-19-9-6-7-10-20(19)28-22;/h6-7,9-10,18,21H,4-5,8,11-17H2,1-3H3,(H,27,28)(H2,24,25,26);1H. The lowest BCUT2D eigenvalue weighted by atomic mass is 9.92. The molecule has 174 valence electrons. The molecule has 0 saturated carbocycles. The van der Waals surface area contributed by atoms with Gasteiger partial charge >= 0.3 is 0 Å². The summed E-state index contributed by atoms with van der Waals surface area (Å²) in [6.45, 7) is 10.1. The zero-order valence-corrected chi connectivity index (χ0v) is 21.5. The maximum Gasteiger partial charge on any atom is 0.191 e. The molecule has 3 rings (SSSR count). The van der Waals surface area contributed by atoms with Gasteiger partial charge in [-0.15, -0.1) is 24.0 Å². The van der Waals surface area contributed by atoms with E-state index in [1.165, 1.54) is 12.8 Å². The highest BCUT2D eigenvalue weighted by atomic mass is 127. The molecule has 2 heterocycles. The SMILES string of the molecule is CCC(CC)C(CNC(=NC)NCCCc1nc2ccccc2[nH]1)N1CCOCC1.I. The first-order chi connectivity index (χ1) is 14.7. The number of ether oxygens (including phenoxy) is 1. The molecule has 1 aliphatic rings. The average Bonchev–Trinajstić information content (AvgIpc) is 3.21. The number of hydrogen-bond acceptors (Lipinski definition) is 4. The van der Waals surface area contributed by atoms with Crippen LogP contribution in [0.5, 0.6) is 0 Å². The Labute approximate surface area is 203 Å². The molecule has 2 aromatic rings. The van der Waals surface area contributed by atoms with Crippen LogP contribution in [0.4, 0.5) is 0 Å². The van der Waals surface area contributed by atoms with Crippen LogP contribution in [0.2, 0.25) is 0 Å². The number of morpholine rings is 1. The Hall–Kier alpha value is -1.39. The molecule has 1 unspecified atom stereocenters. The quantitative estimate of drug-likeness (QED) is 0.186. The van der Waals surface area contributed by atoms with E-state index in [1.807, 2.05) is 25.2 Å². The largest absolute Gasteiger partial charge is 0.379 e. The number of para-hydroxylation sites is 2. The first-order valence-electron chi connectivity index (χ1n) is 11.4. The molecule has 0 aliphatic carbocycles. The summed E-state index contributed by atoms with van der Waals surface area (Å²) in [6, 6.07) is 8.69. The fourth-order valence-corrected chi connectivity index (χ4v) is 4.34. The zero-order chi connectivity index (χ0) is 21.2. The minimum atomic E-state index is 0. The first kappa shape index (κ1) is 25.9. The molecule has 1 aromatic heterocycles. The van der Waals surface area contributed by atoms with Crippen LogP contribution in [0.1, 0.15) is 38.9 Å². The van der Waals surface area contributed by atoms with Crippen molar-refractivity contribution < 1.29 is 4.74 Å². The smallest absolute Gasteiger partial charge is 0.191 e. The third-order valence-electron chi connectivity index (χ3n) is 6.13. The van der Waals surface area contributed by atoms with Crippen molar-refractivity contribution in [3.05, 3.63) is 30.1 Å². The van der Waals surface area contributed by atoms with Crippen molar-refractivity contribution >= 4 is 41.0 Å². The number of fused-ring (bicyclic) bond motifs is 1. The van der Waals surface area contributed by atoms with Gasteiger partial charge in [0.1, 0.15) is 5.82 Å². The predicted molar refractivity (Wildman–Crippen MR) is 139 cm³/mol. The molecule has 1 aromatic carbocycles. The third kappa shape index (κ3) is 7.61. The molecule has 7 nitrogen and oxygen atoms in total. The van der Waals surface area contributed by atoms with Gasteiger partial charge in [0.15, 0.2) is 5.96 Å². The van der Waals surface area contributed by atoms with Gasteiger partial charge in [-0.1, -0.05) is 38.8 Å². The summed E-state index contributed by atoms with van der Waals surface area (Å²) in [5.74, 6) is 2.60. The number of benzene rings is 1. The van der Waals surface area contributed by atoms with Crippen LogP contribution < -0.4 is 10.6 Å². The van der Waals surface area contributed by atoms with Gasteiger partial charge in [0.25, 0.3) is 0 Å². The van der Waals surface area contributed by atoms with Crippen molar-refractivity contribution in [3.8, 4) is 0 Å². The highest BCUT2D eigenvalue weighted by Crippen LogP contribution is 2.19. The van der Waals surface area contributed by atoms with E-state index in [1.54, 1.807) is 0 Å². The molecular formula is C23H39IN6O. The van der Waals surface area contributed by atoms with E-state index in [-0.39, 0.29) is 24.0 Å². The van der Waals surface area contributed by atoms with Crippen molar-refractivity contribution in [2.45, 2.75) is 45.6 Å². The van der Waals surface area contributed by atoms with Gasteiger partial charge in [0.05, 0.1) is 24.2 Å². The molecule has 1 aliphatic heterocycles. The molecule has 8 heteroatoms. The van der Waals surface area contributed by atoms with Gasteiger partial charge in [0, 0.05) is 45.7 Å². The van der Waals surface area contributed by atoms with Crippen LogP contribution in [0.15, 0.2) is 29.3 Å². The molecular weight excluding hydrogens is 503 g/mol. The number of guanidine groups is 1. The Bertz CT molecular complexity index is 752. The van der Waals surface area contributed by atoms with Gasteiger partial charge in [-0.2, -0.15) is 0 Å². The number of aromatic amines is 1. The number of nitrogens with zero attached hydrogens (tertiary/aromatic N) is 3. The van der Waals surface area contributed by atoms with Gasteiger partial charge in [-0.3, -0.25) is 9.89 Å². The number of aliphatic imine (C=N–C) groups is 1. The molecule has 0 spiro atoms. The number of nitrogens with one attached hydrogen (secondary N) is 3. The lowest BCUT2D eigenvalue weighted by molar-refractivity contribution is 0.00272. The second kappa shape index (κ2) is 13.9. The molecule has 1 fully saturated rings. The van der Waals surface area contributed by atoms with Crippen molar-refractivity contribution in [3.63, 3.8) is 0 Å². The maximum atomic E-state index is 5.56. The van der Waals surface area contributed by atoms with Crippen molar-refractivity contribution in [1.29, 1.82) is 0 Å². The number of aryl methyl sites for hydroxylation is 1. The maximum absolute atomic E-state index is 5.56. The number of halogens is 1.